The number of ether oxygens (including phenoxy) is 1. The fourth-order valence-corrected chi connectivity index (χ4v) is 2.79. The van der Waals surface area contributed by atoms with Gasteiger partial charge in [0.1, 0.15) is 5.75 Å². The van der Waals surface area contributed by atoms with E-state index in [0.29, 0.717) is 22.9 Å². The monoisotopic (exact) mass is 324 g/mol. The van der Waals surface area contributed by atoms with Crippen LogP contribution in [0.15, 0.2) is 29.6 Å². The molecule has 0 aliphatic rings. The topological polar surface area (TPSA) is 64.3 Å². The summed E-state index contributed by atoms with van der Waals surface area (Å²) in [6.45, 7) is 4.52. The number of amides is 1. The van der Waals surface area contributed by atoms with Crippen molar-refractivity contribution >= 4 is 34.5 Å². The number of hydrogen-bond acceptors (Lipinski definition) is 4. The average molecular weight is 325 g/mol. The molecular formula is C15H17ClN2O2S. The molecule has 0 spiro atoms. The summed E-state index contributed by atoms with van der Waals surface area (Å²) in [7, 11) is 0. The molecule has 6 heteroatoms. The number of carbonyl (C=O) groups excluding carboxylic acids is 1. The predicted octanol–water partition coefficient (Wildman–Crippen LogP) is 3.90. The van der Waals surface area contributed by atoms with E-state index in [0.717, 1.165) is 10.6 Å². The van der Waals surface area contributed by atoms with E-state index in [9.17, 15) is 4.79 Å². The van der Waals surface area contributed by atoms with E-state index in [1.807, 2.05) is 32.0 Å². The number of carbonyl (C=O) groups is 1. The molecule has 0 aliphatic carbocycles. The first-order chi connectivity index (χ1) is 9.95. The van der Waals surface area contributed by atoms with E-state index in [2.05, 4.69) is 5.32 Å². The van der Waals surface area contributed by atoms with Crippen LogP contribution < -0.4 is 15.8 Å². The van der Waals surface area contributed by atoms with E-state index in [1.165, 1.54) is 11.3 Å². The van der Waals surface area contributed by atoms with Crippen LogP contribution in [0.3, 0.4) is 0 Å². The van der Waals surface area contributed by atoms with Crippen LogP contribution in [0, 0.1) is 0 Å². The van der Waals surface area contributed by atoms with E-state index in [4.69, 9.17) is 22.1 Å². The summed E-state index contributed by atoms with van der Waals surface area (Å²) in [6.07, 6.45) is 0.0830. The lowest BCUT2D eigenvalue weighted by molar-refractivity contribution is 0.100. The Morgan fingerprint density at radius 3 is 2.76 bits per heavy atom. The second-order valence-electron chi connectivity index (χ2n) is 4.83. The molecule has 0 unspecified atom stereocenters. The highest BCUT2D eigenvalue weighted by Gasteiger charge is 2.07. The maximum Gasteiger partial charge on any atom is 0.249 e. The Morgan fingerprint density at radius 2 is 2.19 bits per heavy atom. The molecule has 3 N–H and O–H groups in total. The number of nitrogens with two attached hydrogens (primary N) is 1. The highest BCUT2D eigenvalue weighted by Crippen LogP contribution is 2.29. The van der Waals surface area contributed by atoms with Gasteiger partial charge in [-0.05, 0) is 38.1 Å². The molecule has 2 rings (SSSR count). The number of thiophene rings is 1. The number of hydrogen-bond donors (Lipinski definition) is 2. The summed E-state index contributed by atoms with van der Waals surface area (Å²) in [5, 5.41) is 5.58. The van der Waals surface area contributed by atoms with E-state index in [1.54, 1.807) is 11.4 Å². The number of anilines is 1. The van der Waals surface area contributed by atoms with Crippen LogP contribution in [0.2, 0.25) is 5.02 Å². The van der Waals surface area contributed by atoms with Gasteiger partial charge in [0.25, 0.3) is 0 Å². The van der Waals surface area contributed by atoms with Gasteiger partial charge in [0.05, 0.1) is 16.7 Å². The first-order valence-corrected chi connectivity index (χ1v) is 7.78. The van der Waals surface area contributed by atoms with Gasteiger partial charge in [0, 0.05) is 22.5 Å². The van der Waals surface area contributed by atoms with Gasteiger partial charge in [-0.2, -0.15) is 0 Å². The summed E-state index contributed by atoms with van der Waals surface area (Å²) in [4.78, 5) is 12.1. The fraction of sp³-hybridized carbons (Fsp3) is 0.267. The molecule has 2 aromatic rings. The number of rotatable bonds is 6. The number of primary amides is 1. The van der Waals surface area contributed by atoms with Crippen LogP contribution in [0.1, 0.15) is 29.1 Å². The van der Waals surface area contributed by atoms with E-state index in [-0.39, 0.29) is 6.10 Å². The summed E-state index contributed by atoms with van der Waals surface area (Å²) in [6, 6.07) is 7.36. The minimum Gasteiger partial charge on any atom is -0.489 e. The summed E-state index contributed by atoms with van der Waals surface area (Å²) >= 11 is 7.67. The molecule has 1 heterocycles. The Morgan fingerprint density at radius 1 is 1.43 bits per heavy atom. The maximum absolute atomic E-state index is 11.0. The molecule has 1 aromatic carbocycles. The molecule has 21 heavy (non-hydrogen) atoms. The minimum absolute atomic E-state index is 0.0830. The average Bonchev–Trinajstić information content (AvgIpc) is 2.88. The molecule has 0 saturated carbocycles. The number of halogens is 1. The number of nitrogens with one attached hydrogen (secondary N) is 1. The van der Waals surface area contributed by atoms with Crippen molar-refractivity contribution in [1.29, 1.82) is 0 Å². The first-order valence-electron chi connectivity index (χ1n) is 6.53. The molecule has 1 aromatic heterocycles. The SMILES string of the molecule is CC(C)Oc1ccc(NCc2cc(C(N)=O)cs2)cc1Cl. The number of benzene rings is 1. The smallest absolute Gasteiger partial charge is 0.249 e. The zero-order chi connectivity index (χ0) is 15.4. The quantitative estimate of drug-likeness (QED) is 0.847. The lowest BCUT2D eigenvalue weighted by atomic mass is 10.2. The van der Waals surface area contributed by atoms with Crippen molar-refractivity contribution in [3.05, 3.63) is 45.1 Å². The molecule has 0 radical (unpaired) electrons. The first kappa shape index (κ1) is 15.7. The van der Waals surface area contributed by atoms with Gasteiger partial charge in [-0.25, -0.2) is 0 Å². The van der Waals surface area contributed by atoms with Gasteiger partial charge in [-0.1, -0.05) is 11.6 Å². The van der Waals surface area contributed by atoms with Crippen LogP contribution >= 0.6 is 22.9 Å². The Labute approximate surface area is 132 Å². The fourth-order valence-electron chi connectivity index (χ4n) is 1.75. The summed E-state index contributed by atoms with van der Waals surface area (Å²) in [5.41, 5.74) is 6.66. The van der Waals surface area contributed by atoms with Crippen LogP contribution in [0.25, 0.3) is 0 Å². The molecule has 0 bridgehead atoms. The van der Waals surface area contributed by atoms with Gasteiger partial charge in [-0.3, -0.25) is 4.79 Å². The summed E-state index contributed by atoms with van der Waals surface area (Å²) < 4.78 is 5.58. The third-order valence-electron chi connectivity index (χ3n) is 2.70. The maximum atomic E-state index is 11.0. The van der Waals surface area contributed by atoms with Gasteiger partial charge in [0.2, 0.25) is 5.91 Å². The van der Waals surface area contributed by atoms with Crippen molar-refractivity contribution in [3.63, 3.8) is 0 Å². The molecule has 0 fully saturated rings. The highest BCUT2D eigenvalue weighted by atomic mass is 35.5. The molecule has 0 saturated heterocycles. The zero-order valence-corrected chi connectivity index (χ0v) is 13.4. The van der Waals surface area contributed by atoms with Crippen LogP contribution in [0.4, 0.5) is 5.69 Å². The Balaban J connectivity index is 1.99. The Kier molecular flexibility index (Phi) is 5.09. The molecule has 0 aliphatic heterocycles. The van der Waals surface area contributed by atoms with E-state index < -0.39 is 5.91 Å². The Bertz CT molecular complexity index is 640. The third-order valence-corrected chi connectivity index (χ3v) is 3.93. The standard InChI is InChI=1S/C15H17ClN2O2S/c1-9(2)20-14-4-3-11(6-13(14)16)18-7-12-5-10(8-21-12)15(17)19/h3-6,8-9,18H,7H2,1-2H3,(H2,17,19). The van der Waals surface area contributed by atoms with Crippen molar-refractivity contribution in [2.24, 2.45) is 5.73 Å². The normalized spacial score (nSPS) is 10.7. The predicted molar refractivity (Wildman–Crippen MR) is 87.4 cm³/mol. The molecule has 1 amide bonds. The largest absolute Gasteiger partial charge is 0.489 e. The van der Waals surface area contributed by atoms with Gasteiger partial charge in [0.15, 0.2) is 0 Å². The third kappa shape index (κ3) is 4.37. The van der Waals surface area contributed by atoms with Crippen LogP contribution in [0.5, 0.6) is 5.75 Å². The van der Waals surface area contributed by atoms with Crippen molar-refractivity contribution in [1.82, 2.24) is 0 Å². The Hall–Kier alpha value is -1.72. The van der Waals surface area contributed by atoms with Crippen molar-refractivity contribution in [2.45, 2.75) is 26.5 Å². The second-order valence-corrected chi connectivity index (χ2v) is 6.23. The van der Waals surface area contributed by atoms with Crippen molar-refractivity contribution in [3.8, 4) is 5.75 Å². The zero-order valence-electron chi connectivity index (χ0n) is 11.9. The van der Waals surface area contributed by atoms with E-state index >= 15 is 0 Å². The van der Waals surface area contributed by atoms with Crippen molar-refractivity contribution < 1.29 is 9.53 Å². The second kappa shape index (κ2) is 6.83. The van der Waals surface area contributed by atoms with Crippen molar-refractivity contribution in [2.75, 3.05) is 5.32 Å². The molecular weight excluding hydrogens is 308 g/mol. The van der Waals surface area contributed by atoms with Gasteiger partial charge in [-0.15, -0.1) is 11.3 Å². The lowest BCUT2D eigenvalue weighted by Crippen LogP contribution is -2.09. The van der Waals surface area contributed by atoms with Gasteiger partial charge >= 0.3 is 0 Å². The van der Waals surface area contributed by atoms with Crippen LogP contribution in [-0.2, 0) is 6.54 Å². The lowest BCUT2D eigenvalue weighted by Gasteiger charge is -2.12. The summed E-state index contributed by atoms with van der Waals surface area (Å²) in [5.74, 6) is 0.264. The van der Waals surface area contributed by atoms with Crippen LogP contribution in [-0.4, -0.2) is 12.0 Å². The highest BCUT2D eigenvalue weighted by molar-refractivity contribution is 7.10. The minimum atomic E-state index is -0.407. The van der Waals surface area contributed by atoms with Gasteiger partial charge < -0.3 is 15.8 Å². The molecule has 4 nitrogen and oxygen atoms in total. The molecule has 112 valence electrons. The molecule has 0 atom stereocenters.